The quantitative estimate of drug-likeness (QED) is 0.721. The second kappa shape index (κ2) is 8.92. The van der Waals surface area contributed by atoms with Crippen LogP contribution in [0.4, 0.5) is 0 Å². The summed E-state index contributed by atoms with van der Waals surface area (Å²) in [4.78, 5) is 14.2. The topological polar surface area (TPSA) is 38.8 Å². The number of para-hydroxylation sites is 1. The van der Waals surface area contributed by atoms with Crippen molar-refractivity contribution in [2.45, 2.75) is 40.2 Å². The molecule has 0 bridgehead atoms. The van der Waals surface area contributed by atoms with Crippen LogP contribution in [-0.2, 0) is 16.1 Å². The molecule has 128 valence electrons. The Morgan fingerprint density at radius 2 is 1.96 bits per heavy atom. The van der Waals surface area contributed by atoms with Crippen LogP contribution in [0.5, 0.6) is 5.75 Å². The summed E-state index contributed by atoms with van der Waals surface area (Å²) in [5, 5.41) is 0. The molecular formula is C19H29NO3. The lowest BCUT2D eigenvalue weighted by atomic mass is 9.96. The van der Waals surface area contributed by atoms with Gasteiger partial charge in [-0.3, -0.25) is 9.69 Å². The van der Waals surface area contributed by atoms with Gasteiger partial charge < -0.3 is 9.47 Å². The number of likely N-dealkylation sites (tertiary alicyclic amines) is 1. The minimum atomic E-state index is -0.0344. The van der Waals surface area contributed by atoms with E-state index in [9.17, 15) is 4.79 Å². The Balaban J connectivity index is 1.88. The van der Waals surface area contributed by atoms with E-state index in [0.29, 0.717) is 12.5 Å². The Labute approximate surface area is 139 Å². The summed E-state index contributed by atoms with van der Waals surface area (Å²) in [5.74, 6) is 1.53. The molecule has 1 fully saturated rings. The van der Waals surface area contributed by atoms with Gasteiger partial charge in [-0.25, -0.2) is 0 Å². The molecule has 0 saturated carbocycles. The number of carbonyl (C=O) groups is 1. The normalized spacial score (nSPS) is 16.5. The maximum absolute atomic E-state index is 11.8. The second-order valence-corrected chi connectivity index (χ2v) is 6.62. The van der Waals surface area contributed by atoms with Crippen LogP contribution in [0.1, 0.15) is 39.2 Å². The van der Waals surface area contributed by atoms with Gasteiger partial charge in [-0.15, -0.1) is 0 Å². The van der Waals surface area contributed by atoms with Gasteiger partial charge in [-0.1, -0.05) is 32.0 Å². The van der Waals surface area contributed by atoms with Crippen LogP contribution in [0.25, 0.3) is 0 Å². The summed E-state index contributed by atoms with van der Waals surface area (Å²) in [6.45, 7) is 10.1. The van der Waals surface area contributed by atoms with E-state index in [1.807, 2.05) is 19.1 Å². The number of hydrogen-bond acceptors (Lipinski definition) is 4. The van der Waals surface area contributed by atoms with Crippen molar-refractivity contribution < 1.29 is 14.3 Å². The van der Waals surface area contributed by atoms with E-state index in [0.717, 1.165) is 44.8 Å². The number of piperidine rings is 1. The molecule has 2 rings (SSSR count). The number of hydrogen-bond donors (Lipinski definition) is 0. The van der Waals surface area contributed by atoms with Crippen LogP contribution in [0.2, 0.25) is 0 Å². The Morgan fingerprint density at radius 1 is 1.26 bits per heavy atom. The zero-order valence-electron chi connectivity index (χ0n) is 14.6. The molecule has 1 heterocycles. The molecule has 0 N–H and O–H groups in total. The van der Waals surface area contributed by atoms with Gasteiger partial charge in [0.1, 0.15) is 5.75 Å². The number of ether oxygens (including phenoxy) is 2. The highest BCUT2D eigenvalue weighted by molar-refractivity contribution is 5.72. The second-order valence-electron chi connectivity index (χ2n) is 6.62. The largest absolute Gasteiger partial charge is 0.493 e. The third kappa shape index (κ3) is 5.54. The number of carbonyl (C=O) groups excluding carboxylic acids is 1. The summed E-state index contributed by atoms with van der Waals surface area (Å²) < 4.78 is 11.1. The highest BCUT2D eigenvalue weighted by Crippen LogP contribution is 2.24. The van der Waals surface area contributed by atoms with Crippen molar-refractivity contribution in [2.75, 3.05) is 26.3 Å². The molecule has 0 aromatic heterocycles. The van der Waals surface area contributed by atoms with E-state index in [1.165, 1.54) is 5.56 Å². The first-order chi connectivity index (χ1) is 11.1. The van der Waals surface area contributed by atoms with Gasteiger partial charge in [0.15, 0.2) is 0 Å². The monoisotopic (exact) mass is 319 g/mol. The first kappa shape index (κ1) is 17.8. The SMILES string of the molecule is CCOC(=O)C1CCN(Cc2ccccc2OCC(C)C)CC1. The van der Waals surface area contributed by atoms with Crippen LogP contribution in [0.15, 0.2) is 24.3 Å². The summed E-state index contributed by atoms with van der Waals surface area (Å²) in [5.41, 5.74) is 1.22. The third-order valence-corrected chi connectivity index (χ3v) is 4.15. The molecule has 0 spiro atoms. The summed E-state index contributed by atoms with van der Waals surface area (Å²) >= 11 is 0. The van der Waals surface area contributed by atoms with Crippen molar-refractivity contribution >= 4 is 5.97 Å². The standard InChI is InChI=1S/C19H29NO3/c1-4-22-19(21)16-9-11-20(12-10-16)13-17-7-5-6-8-18(17)23-14-15(2)3/h5-8,15-16H,4,9-14H2,1-3H3. The molecular weight excluding hydrogens is 290 g/mol. The molecule has 0 unspecified atom stereocenters. The first-order valence-electron chi connectivity index (χ1n) is 8.69. The fourth-order valence-corrected chi connectivity index (χ4v) is 2.86. The summed E-state index contributed by atoms with van der Waals surface area (Å²) in [7, 11) is 0. The van der Waals surface area contributed by atoms with Crippen molar-refractivity contribution in [1.29, 1.82) is 0 Å². The van der Waals surface area contributed by atoms with Crippen molar-refractivity contribution in [3.05, 3.63) is 29.8 Å². The maximum atomic E-state index is 11.8. The van der Waals surface area contributed by atoms with Crippen LogP contribution in [0.3, 0.4) is 0 Å². The lowest BCUT2D eigenvalue weighted by Crippen LogP contribution is -2.36. The minimum absolute atomic E-state index is 0.0344. The molecule has 4 heteroatoms. The van der Waals surface area contributed by atoms with Gasteiger partial charge >= 0.3 is 5.97 Å². The van der Waals surface area contributed by atoms with E-state index in [4.69, 9.17) is 9.47 Å². The number of nitrogens with zero attached hydrogens (tertiary/aromatic N) is 1. The maximum Gasteiger partial charge on any atom is 0.309 e. The number of rotatable bonds is 7. The first-order valence-corrected chi connectivity index (χ1v) is 8.69. The molecule has 1 aliphatic rings. The van der Waals surface area contributed by atoms with Crippen molar-refractivity contribution in [2.24, 2.45) is 11.8 Å². The molecule has 0 amide bonds. The van der Waals surface area contributed by atoms with Crippen molar-refractivity contribution in [3.63, 3.8) is 0 Å². The molecule has 0 aliphatic carbocycles. The number of esters is 1. The Hall–Kier alpha value is -1.55. The van der Waals surface area contributed by atoms with Gasteiger partial charge in [0.05, 0.1) is 19.1 Å². The van der Waals surface area contributed by atoms with Gasteiger partial charge in [-0.2, -0.15) is 0 Å². The zero-order chi connectivity index (χ0) is 16.7. The van der Waals surface area contributed by atoms with Crippen LogP contribution >= 0.6 is 0 Å². The van der Waals surface area contributed by atoms with Crippen LogP contribution in [0, 0.1) is 11.8 Å². The molecule has 1 saturated heterocycles. The molecule has 1 aromatic carbocycles. The summed E-state index contributed by atoms with van der Waals surface area (Å²) in [6, 6.07) is 8.26. The van der Waals surface area contributed by atoms with E-state index in [2.05, 4.69) is 30.9 Å². The fourth-order valence-electron chi connectivity index (χ4n) is 2.86. The van der Waals surface area contributed by atoms with E-state index >= 15 is 0 Å². The van der Waals surface area contributed by atoms with Gasteiger partial charge in [0.2, 0.25) is 0 Å². The molecule has 4 nitrogen and oxygen atoms in total. The highest BCUT2D eigenvalue weighted by atomic mass is 16.5. The van der Waals surface area contributed by atoms with E-state index in [-0.39, 0.29) is 11.9 Å². The van der Waals surface area contributed by atoms with Gasteiger partial charge in [-0.05, 0) is 44.8 Å². The van der Waals surface area contributed by atoms with E-state index in [1.54, 1.807) is 0 Å². The molecule has 23 heavy (non-hydrogen) atoms. The smallest absolute Gasteiger partial charge is 0.309 e. The van der Waals surface area contributed by atoms with E-state index < -0.39 is 0 Å². The lowest BCUT2D eigenvalue weighted by Gasteiger charge is -2.31. The third-order valence-electron chi connectivity index (χ3n) is 4.15. The Bertz CT molecular complexity index is 493. The van der Waals surface area contributed by atoms with Crippen molar-refractivity contribution in [1.82, 2.24) is 4.90 Å². The zero-order valence-corrected chi connectivity index (χ0v) is 14.6. The predicted molar refractivity (Wildman–Crippen MR) is 91.4 cm³/mol. The Kier molecular flexibility index (Phi) is 6.90. The minimum Gasteiger partial charge on any atom is -0.493 e. The molecule has 1 aliphatic heterocycles. The summed E-state index contributed by atoms with van der Waals surface area (Å²) in [6.07, 6.45) is 1.77. The van der Waals surface area contributed by atoms with Gasteiger partial charge in [0, 0.05) is 12.1 Å². The van der Waals surface area contributed by atoms with Crippen LogP contribution in [-0.4, -0.2) is 37.2 Å². The lowest BCUT2D eigenvalue weighted by molar-refractivity contribution is -0.149. The molecule has 1 aromatic rings. The predicted octanol–water partition coefficient (Wildman–Crippen LogP) is 3.50. The molecule has 0 atom stereocenters. The van der Waals surface area contributed by atoms with Crippen molar-refractivity contribution in [3.8, 4) is 5.75 Å². The van der Waals surface area contributed by atoms with Gasteiger partial charge in [0.25, 0.3) is 0 Å². The highest BCUT2D eigenvalue weighted by Gasteiger charge is 2.26. The molecule has 0 radical (unpaired) electrons. The number of benzene rings is 1. The van der Waals surface area contributed by atoms with Crippen LogP contribution < -0.4 is 4.74 Å². The Morgan fingerprint density at radius 3 is 2.61 bits per heavy atom. The fraction of sp³-hybridized carbons (Fsp3) is 0.632. The average molecular weight is 319 g/mol. The average Bonchev–Trinajstić information content (AvgIpc) is 2.55.